The Bertz CT molecular complexity index is 504. The Morgan fingerprint density at radius 2 is 2.10 bits per heavy atom. The lowest BCUT2D eigenvalue weighted by Gasteiger charge is -2.23. The van der Waals surface area contributed by atoms with E-state index in [0.717, 1.165) is 18.8 Å². The van der Waals surface area contributed by atoms with E-state index in [1.165, 1.54) is 10.4 Å². The highest BCUT2D eigenvalue weighted by Crippen LogP contribution is 2.25. The second-order valence-electron chi connectivity index (χ2n) is 5.51. The molecule has 0 fully saturated rings. The fraction of sp³-hybridized carbons (Fsp3) is 0.500. The summed E-state index contributed by atoms with van der Waals surface area (Å²) in [6.07, 6.45) is 1.79. The van der Waals surface area contributed by atoms with E-state index in [1.807, 2.05) is 11.3 Å². The number of furan rings is 1. The molecule has 0 saturated carbocycles. The molecule has 0 aromatic carbocycles. The van der Waals surface area contributed by atoms with Crippen LogP contribution in [0.15, 0.2) is 34.3 Å². The molecule has 110 valence electrons. The summed E-state index contributed by atoms with van der Waals surface area (Å²) in [5, 5.41) is 5.54. The van der Waals surface area contributed by atoms with Gasteiger partial charge in [-0.2, -0.15) is 0 Å². The highest BCUT2D eigenvalue weighted by Gasteiger charge is 2.15. The predicted molar refractivity (Wildman–Crippen MR) is 84.9 cm³/mol. The van der Waals surface area contributed by atoms with Gasteiger partial charge >= 0.3 is 0 Å². The third-order valence-electron chi connectivity index (χ3n) is 3.54. The van der Waals surface area contributed by atoms with E-state index in [2.05, 4.69) is 61.6 Å². The molecule has 1 N–H and O–H groups in total. The van der Waals surface area contributed by atoms with Gasteiger partial charge in [-0.3, -0.25) is 4.90 Å². The molecule has 1 atom stereocenters. The van der Waals surface area contributed by atoms with E-state index in [-0.39, 0.29) is 0 Å². The highest BCUT2D eigenvalue weighted by atomic mass is 32.1. The SMILES string of the molecule is CC(C)NCc1occc1CN(C)C(C)c1cccs1. The molecule has 0 saturated heterocycles. The van der Waals surface area contributed by atoms with Crippen LogP contribution in [0.3, 0.4) is 0 Å². The van der Waals surface area contributed by atoms with Crippen molar-refractivity contribution in [3.8, 4) is 0 Å². The van der Waals surface area contributed by atoms with Gasteiger partial charge in [-0.05, 0) is 31.5 Å². The molecule has 0 aliphatic carbocycles. The molecule has 0 aliphatic heterocycles. The zero-order valence-corrected chi connectivity index (χ0v) is 13.5. The highest BCUT2D eigenvalue weighted by molar-refractivity contribution is 7.10. The molecular formula is C16H24N2OS. The standard InChI is InChI=1S/C16H24N2OS/c1-12(2)17-10-15-14(7-8-19-15)11-18(4)13(3)16-6-5-9-20-16/h5-9,12-13,17H,10-11H2,1-4H3. The third kappa shape index (κ3) is 3.95. The van der Waals surface area contributed by atoms with Crippen LogP contribution in [0.2, 0.25) is 0 Å². The second-order valence-corrected chi connectivity index (χ2v) is 6.49. The number of nitrogens with zero attached hydrogens (tertiary/aromatic N) is 1. The number of nitrogens with one attached hydrogen (secondary N) is 1. The molecule has 2 heterocycles. The Kier molecular flexibility index (Phi) is 5.40. The summed E-state index contributed by atoms with van der Waals surface area (Å²) in [6.45, 7) is 8.24. The van der Waals surface area contributed by atoms with Crippen LogP contribution in [-0.2, 0) is 13.1 Å². The van der Waals surface area contributed by atoms with Gasteiger partial charge in [0, 0.05) is 29.1 Å². The van der Waals surface area contributed by atoms with E-state index >= 15 is 0 Å². The Morgan fingerprint density at radius 3 is 2.75 bits per heavy atom. The average molecular weight is 292 g/mol. The largest absolute Gasteiger partial charge is 0.468 e. The summed E-state index contributed by atoms with van der Waals surface area (Å²) in [6, 6.07) is 7.28. The molecule has 0 amide bonds. The Labute approximate surface area is 125 Å². The summed E-state index contributed by atoms with van der Waals surface area (Å²) in [7, 11) is 2.16. The molecule has 0 aliphatic rings. The minimum Gasteiger partial charge on any atom is -0.468 e. The Hall–Kier alpha value is -1.10. The zero-order valence-electron chi connectivity index (χ0n) is 12.7. The Morgan fingerprint density at radius 1 is 1.30 bits per heavy atom. The molecule has 2 aromatic heterocycles. The maximum Gasteiger partial charge on any atom is 0.122 e. The minimum atomic E-state index is 0.427. The maximum atomic E-state index is 5.60. The van der Waals surface area contributed by atoms with Crippen molar-refractivity contribution in [3.63, 3.8) is 0 Å². The number of thiophene rings is 1. The van der Waals surface area contributed by atoms with Crippen molar-refractivity contribution in [2.75, 3.05) is 7.05 Å². The first-order valence-corrected chi connectivity index (χ1v) is 7.98. The Balaban J connectivity index is 1.97. The van der Waals surface area contributed by atoms with Gasteiger partial charge in [-0.15, -0.1) is 11.3 Å². The van der Waals surface area contributed by atoms with Crippen LogP contribution in [0.1, 0.15) is 43.0 Å². The van der Waals surface area contributed by atoms with Crippen molar-refractivity contribution in [2.45, 2.75) is 45.9 Å². The van der Waals surface area contributed by atoms with Gasteiger partial charge in [0.15, 0.2) is 0 Å². The summed E-state index contributed by atoms with van der Waals surface area (Å²) in [5.74, 6) is 1.05. The minimum absolute atomic E-state index is 0.427. The lowest BCUT2D eigenvalue weighted by molar-refractivity contribution is 0.254. The fourth-order valence-corrected chi connectivity index (χ4v) is 2.96. The van der Waals surface area contributed by atoms with Crippen molar-refractivity contribution < 1.29 is 4.42 Å². The van der Waals surface area contributed by atoms with Crippen molar-refractivity contribution in [3.05, 3.63) is 46.0 Å². The first-order valence-electron chi connectivity index (χ1n) is 7.10. The topological polar surface area (TPSA) is 28.4 Å². The predicted octanol–water partition coefficient (Wildman–Crippen LogP) is 4.03. The van der Waals surface area contributed by atoms with Crippen LogP contribution in [-0.4, -0.2) is 18.0 Å². The summed E-state index contributed by atoms with van der Waals surface area (Å²) in [5.41, 5.74) is 1.27. The molecule has 1 unspecified atom stereocenters. The molecule has 4 heteroatoms. The van der Waals surface area contributed by atoms with E-state index in [4.69, 9.17) is 4.42 Å². The molecule has 3 nitrogen and oxygen atoms in total. The average Bonchev–Trinajstić information content (AvgIpc) is 3.06. The molecule has 0 radical (unpaired) electrons. The van der Waals surface area contributed by atoms with Crippen LogP contribution >= 0.6 is 11.3 Å². The van der Waals surface area contributed by atoms with Crippen molar-refractivity contribution in [1.82, 2.24) is 10.2 Å². The van der Waals surface area contributed by atoms with E-state index < -0.39 is 0 Å². The smallest absolute Gasteiger partial charge is 0.122 e. The molecule has 2 aromatic rings. The summed E-state index contributed by atoms with van der Waals surface area (Å²) < 4.78 is 5.60. The summed E-state index contributed by atoms with van der Waals surface area (Å²) >= 11 is 1.81. The van der Waals surface area contributed by atoms with Gasteiger partial charge in [-0.1, -0.05) is 19.9 Å². The van der Waals surface area contributed by atoms with Gasteiger partial charge < -0.3 is 9.73 Å². The maximum absolute atomic E-state index is 5.60. The van der Waals surface area contributed by atoms with Crippen LogP contribution in [0.5, 0.6) is 0 Å². The molecule has 2 rings (SSSR count). The van der Waals surface area contributed by atoms with Crippen LogP contribution in [0, 0.1) is 0 Å². The monoisotopic (exact) mass is 292 g/mol. The normalized spacial score (nSPS) is 13.3. The summed E-state index contributed by atoms with van der Waals surface area (Å²) in [4.78, 5) is 3.76. The lowest BCUT2D eigenvalue weighted by atomic mass is 10.2. The first-order chi connectivity index (χ1) is 9.58. The van der Waals surface area contributed by atoms with Gasteiger partial charge in [0.25, 0.3) is 0 Å². The second kappa shape index (κ2) is 7.07. The number of hydrogen-bond acceptors (Lipinski definition) is 4. The van der Waals surface area contributed by atoms with Crippen LogP contribution in [0.25, 0.3) is 0 Å². The van der Waals surface area contributed by atoms with E-state index in [1.54, 1.807) is 6.26 Å². The number of hydrogen-bond donors (Lipinski definition) is 1. The fourth-order valence-electron chi connectivity index (χ4n) is 2.11. The van der Waals surface area contributed by atoms with Crippen LogP contribution < -0.4 is 5.32 Å². The third-order valence-corrected chi connectivity index (χ3v) is 4.59. The van der Waals surface area contributed by atoms with Crippen molar-refractivity contribution in [2.24, 2.45) is 0 Å². The van der Waals surface area contributed by atoms with E-state index in [9.17, 15) is 0 Å². The van der Waals surface area contributed by atoms with Crippen molar-refractivity contribution in [1.29, 1.82) is 0 Å². The van der Waals surface area contributed by atoms with E-state index in [0.29, 0.717) is 12.1 Å². The quantitative estimate of drug-likeness (QED) is 0.835. The van der Waals surface area contributed by atoms with Gasteiger partial charge in [-0.25, -0.2) is 0 Å². The molecule has 0 bridgehead atoms. The first kappa shape index (κ1) is 15.3. The number of rotatable bonds is 7. The van der Waals surface area contributed by atoms with Crippen molar-refractivity contribution >= 4 is 11.3 Å². The lowest BCUT2D eigenvalue weighted by Crippen LogP contribution is -2.24. The molecular weight excluding hydrogens is 268 g/mol. The zero-order chi connectivity index (χ0) is 14.5. The van der Waals surface area contributed by atoms with Gasteiger partial charge in [0.2, 0.25) is 0 Å². The van der Waals surface area contributed by atoms with Gasteiger partial charge in [0.1, 0.15) is 5.76 Å². The van der Waals surface area contributed by atoms with Gasteiger partial charge in [0.05, 0.1) is 12.8 Å². The molecule has 0 spiro atoms. The molecule has 20 heavy (non-hydrogen) atoms. The van der Waals surface area contributed by atoms with Crippen LogP contribution in [0.4, 0.5) is 0 Å².